The smallest absolute Gasteiger partial charge is 0.410 e. The summed E-state index contributed by atoms with van der Waals surface area (Å²) in [5, 5.41) is 0.328. The average molecular weight is 349 g/mol. The molecular weight excluding hydrogens is 330 g/mol. The highest BCUT2D eigenvalue weighted by Crippen LogP contribution is 2.39. The van der Waals surface area contributed by atoms with E-state index in [2.05, 4.69) is 0 Å². The highest BCUT2D eigenvalue weighted by Gasteiger charge is 2.42. The van der Waals surface area contributed by atoms with E-state index in [-0.39, 0.29) is 22.2 Å². The quantitative estimate of drug-likeness (QED) is 0.782. The monoisotopic (exact) mass is 348 g/mol. The van der Waals surface area contributed by atoms with Crippen molar-refractivity contribution in [3.05, 3.63) is 33.6 Å². The Kier molecular flexibility index (Phi) is 4.62. The summed E-state index contributed by atoms with van der Waals surface area (Å²) in [6.45, 7) is 5.84. The molecule has 1 aromatic rings. The summed E-state index contributed by atoms with van der Waals surface area (Å²) in [4.78, 5) is 13.6. The van der Waals surface area contributed by atoms with Crippen LogP contribution in [0.3, 0.4) is 0 Å². The normalized spacial score (nSPS) is 22.0. The lowest BCUT2D eigenvalue weighted by Crippen LogP contribution is -2.43. The molecule has 1 saturated heterocycles. The highest BCUT2D eigenvalue weighted by molar-refractivity contribution is 6.42. The van der Waals surface area contributed by atoms with E-state index in [9.17, 15) is 9.18 Å². The van der Waals surface area contributed by atoms with Gasteiger partial charge in [0, 0.05) is 18.7 Å². The van der Waals surface area contributed by atoms with E-state index in [1.807, 2.05) is 0 Å². The van der Waals surface area contributed by atoms with Crippen LogP contribution in [0.15, 0.2) is 12.1 Å². The van der Waals surface area contributed by atoms with Crippen LogP contribution >= 0.6 is 23.2 Å². The maximum absolute atomic E-state index is 14.2. The summed E-state index contributed by atoms with van der Waals surface area (Å²) >= 11 is 12.1. The third-order valence-electron chi connectivity index (χ3n) is 3.49. The van der Waals surface area contributed by atoms with E-state index in [1.54, 1.807) is 20.8 Å². The number of halogens is 3. The zero-order valence-corrected chi connectivity index (χ0v) is 14.3. The molecule has 0 radical (unpaired) electrons. The molecule has 4 nitrogen and oxygen atoms in total. The summed E-state index contributed by atoms with van der Waals surface area (Å²) in [5.41, 5.74) is 4.77. The molecule has 7 heteroatoms. The van der Waals surface area contributed by atoms with Crippen molar-refractivity contribution in [1.82, 2.24) is 4.90 Å². The minimum Gasteiger partial charge on any atom is -0.444 e. The third kappa shape index (κ3) is 3.47. The molecule has 2 rings (SSSR count). The van der Waals surface area contributed by atoms with Gasteiger partial charge in [-0.05, 0) is 39.3 Å². The first-order chi connectivity index (χ1) is 10.0. The van der Waals surface area contributed by atoms with Gasteiger partial charge in [-0.25, -0.2) is 9.18 Å². The van der Waals surface area contributed by atoms with Gasteiger partial charge in [0.05, 0.1) is 15.6 Å². The van der Waals surface area contributed by atoms with Gasteiger partial charge in [0.2, 0.25) is 0 Å². The number of nitrogens with zero attached hydrogens (tertiary/aromatic N) is 1. The van der Waals surface area contributed by atoms with E-state index in [4.69, 9.17) is 33.7 Å². The summed E-state index contributed by atoms with van der Waals surface area (Å²) in [7, 11) is 0. The van der Waals surface area contributed by atoms with Crippen molar-refractivity contribution in [2.45, 2.75) is 38.3 Å². The number of carbonyl (C=O) groups excluding carboxylic acids is 1. The summed E-state index contributed by atoms with van der Waals surface area (Å²) < 4.78 is 19.5. The lowest BCUT2D eigenvalue weighted by molar-refractivity contribution is 0.0284. The SMILES string of the molecule is CC(C)(C)OC(=O)N1CCC(N)(c2c(F)ccc(Cl)c2Cl)C1. The van der Waals surface area contributed by atoms with Crippen molar-refractivity contribution in [2.24, 2.45) is 5.73 Å². The van der Waals surface area contributed by atoms with E-state index >= 15 is 0 Å². The number of hydrogen-bond donors (Lipinski definition) is 1. The van der Waals surface area contributed by atoms with Crippen molar-refractivity contribution in [2.75, 3.05) is 13.1 Å². The van der Waals surface area contributed by atoms with Crippen molar-refractivity contribution in [3.8, 4) is 0 Å². The molecule has 1 aliphatic rings. The van der Waals surface area contributed by atoms with Gasteiger partial charge in [0.25, 0.3) is 0 Å². The largest absolute Gasteiger partial charge is 0.444 e. The zero-order valence-electron chi connectivity index (χ0n) is 12.8. The van der Waals surface area contributed by atoms with Gasteiger partial charge in [0.1, 0.15) is 11.4 Å². The minimum absolute atomic E-state index is 0.0928. The van der Waals surface area contributed by atoms with E-state index < -0.39 is 23.1 Å². The predicted molar refractivity (Wildman–Crippen MR) is 84.7 cm³/mol. The van der Waals surface area contributed by atoms with Crippen LogP contribution in [0.1, 0.15) is 32.8 Å². The molecule has 1 amide bonds. The maximum atomic E-state index is 14.2. The fraction of sp³-hybridized carbons (Fsp3) is 0.533. The van der Waals surface area contributed by atoms with Crippen LogP contribution < -0.4 is 5.73 Å². The molecule has 1 aliphatic heterocycles. The number of benzene rings is 1. The third-order valence-corrected chi connectivity index (χ3v) is 4.30. The fourth-order valence-electron chi connectivity index (χ4n) is 2.50. The summed E-state index contributed by atoms with van der Waals surface area (Å²) in [6.07, 6.45) is -0.0955. The number of nitrogens with two attached hydrogens (primary N) is 1. The van der Waals surface area contributed by atoms with E-state index in [0.29, 0.717) is 13.0 Å². The molecule has 1 atom stereocenters. The number of ether oxygens (including phenoxy) is 1. The Labute approximate surface area is 139 Å². The van der Waals surface area contributed by atoms with Crippen LogP contribution in [0.25, 0.3) is 0 Å². The number of rotatable bonds is 1. The number of amides is 1. The molecule has 1 unspecified atom stereocenters. The first-order valence-electron chi connectivity index (χ1n) is 6.94. The second-order valence-electron chi connectivity index (χ2n) is 6.53. The molecule has 1 aromatic carbocycles. The van der Waals surface area contributed by atoms with Gasteiger partial charge in [-0.2, -0.15) is 0 Å². The molecule has 0 bridgehead atoms. The second kappa shape index (κ2) is 5.87. The van der Waals surface area contributed by atoms with Crippen LogP contribution in [-0.2, 0) is 10.3 Å². The molecule has 0 aliphatic carbocycles. The Balaban J connectivity index is 2.25. The maximum Gasteiger partial charge on any atom is 0.410 e. The van der Waals surface area contributed by atoms with Gasteiger partial charge in [-0.15, -0.1) is 0 Å². The summed E-state index contributed by atoms with van der Waals surface area (Å²) in [5.74, 6) is -0.525. The first kappa shape index (κ1) is 17.3. The molecule has 22 heavy (non-hydrogen) atoms. The molecule has 1 heterocycles. The van der Waals surface area contributed by atoms with Crippen LogP contribution in [-0.4, -0.2) is 29.7 Å². The van der Waals surface area contributed by atoms with Crippen LogP contribution in [0.2, 0.25) is 10.0 Å². The lowest BCUT2D eigenvalue weighted by atomic mass is 9.89. The molecular formula is C15H19Cl2FN2O2. The summed E-state index contributed by atoms with van der Waals surface area (Å²) in [6, 6.07) is 2.61. The topological polar surface area (TPSA) is 55.6 Å². The Morgan fingerprint density at radius 3 is 2.64 bits per heavy atom. The van der Waals surface area contributed by atoms with Gasteiger partial charge >= 0.3 is 6.09 Å². The van der Waals surface area contributed by atoms with Gasteiger partial charge in [-0.3, -0.25) is 0 Å². The average Bonchev–Trinajstić information content (AvgIpc) is 2.76. The van der Waals surface area contributed by atoms with Gasteiger partial charge in [0.15, 0.2) is 0 Å². The Morgan fingerprint density at radius 2 is 2.05 bits per heavy atom. The second-order valence-corrected chi connectivity index (χ2v) is 7.31. The Morgan fingerprint density at radius 1 is 1.41 bits per heavy atom. The van der Waals surface area contributed by atoms with Crippen molar-refractivity contribution in [3.63, 3.8) is 0 Å². The standard InChI is InChI=1S/C15H19Cl2FN2O2/c1-14(2,3)22-13(21)20-7-6-15(19,8-20)11-10(18)5-4-9(16)12(11)17/h4-5H,6-8,19H2,1-3H3. The lowest BCUT2D eigenvalue weighted by Gasteiger charge is -2.28. The number of hydrogen-bond acceptors (Lipinski definition) is 3. The fourth-order valence-corrected chi connectivity index (χ4v) is 3.00. The zero-order chi connectivity index (χ0) is 16.7. The molecule has 0 aromatic heterocycles. The Bertz CT molecular complexity index is 604. The molecule has 0 spiro atoms. The molecule has 1 fully saturated rings. The van der Waals surface area contributed by atoms with Crippen LogP contribution in [0.4, 0.5) is 9.18 Å². The van der Waals surface area contributed by atoms with Crippen molar-refractivity contribution < 1.29 is 13.9 Å². The van der Waals surface area contributed by atoms with Gasteiger partial charge in [-0.1, -0.05) is 23.2 Å². The van der Waals surface area contributed by atoms with Crippen LogP contribution in [0.5, 0.6) is 0 Å². The van der Waals surface area contributed by atoms with Crippen LogP contribution in [0, 0.1) is 5.82 Å². The molecule has 122 valence electrons. The van der Waals surface area contributed by atoms with E-state index in [1.165, 1.54) is 17.0 Å². The number of carbonyl (C=O) groups is 1. The molecule has 2 N–H and O–H groups in total. The predicted octanol–water partition coefficient (Wildman–Crippen LogP) is 3.93. The minimum atomic E-state index is -1.08. The first-order valence-corrected chi connectivity index (χ1v) is 7.70. The van der Waals surface area contributed by atoms with Crippen molar-refractivity contribution in [1.29, 1.82) is 0 Å². The number of likely N-dealkylation sites (tertiary alicyclic amines) is 1. The Hall–Kier alpha value is -1.04. The van der Waals surface area contributed by atoms with E-state index in [0.717, 1.165) is 0 Å². The molecule has 0 saturated carbocycles. The van der Waals surface area contributed by atoms with Crippen molar-refractivity contribution >= 4 is 29.3 Å². The highest BCUT2D eigenvalue weighted by atomic mass is 35.5. The van der Waals surface area contributed by atoms with Gasteiger partial charge < -0.3 is 15.4 Å².